The van der Waals surface area contributed by atoms with Gasteiger partial charge >= 0.3 is 12.1 Å². The zero-order valence-electron chi connectivity index (χ0n) is 27.4. The van der Waals surface area contributed by atoms with Crippen molar-refractivity contribution in [2.24, 2.45) is 5.92 Å². The van der Waals surface area contributed by atoms with Gasteiger partial charge in [-0.25, -0.2) is 4.79 Å². The molecule has 12 heteroatoms. The number of aliphatic hydroxyl groups is 1. The number of nitrogens with zero attached hydrogens (tertiary/aromatic N) is 2. The van der Waals surface area contributed by atoms with Crippen molar-refractivity contribution in [1.29, 1.82) is 0 Å². The Labute approximate surface area is 279 Å². The van der Waals surface area contributed by atoms with Crippen molar-refractivity contribution in [3.63, 3.8) is 0 Å². The predicted octanol–water partition coefficient (Wildman–Crippen LogP) is 4.27. The maximum atomic E-state index is 14.0. The number of carbonyl (C=O) groups is 3. The molecule has 45 heavy (non-hydrogen) atoms. The molecule has 4 rings (SSSR count). The predicted molar refractivity (Wildman–Crippen MR) is 178 cm³/mol. The molecule has 3 aliphatic rings. The monoisotopic (exact) mass is 739 g/mol. The number of halogens is 1. The van der Waals surface area contributed by atoms with Crippen molar-refractivity contribution in [3.05, 3.63) is 47.1 Å². The third-order valence-electron chi connectivity index (χ3n) is 9.25. The van der Waals surface area contributed by atoms with Crippen LogP contribution in [0.5, 0.6) is 5.75 Å². The van der Waals surface area contributed by atoms with Crippen molar-refractivity contribution in [1.82, 2.24) is 10.2 Å². The Morgan fingerprint density at radius 3 is 2.67 bits per heavy atom. The van der Waals surface area contributed by atoms with Crippen LogP contribution in [0.15, 0.2) is 35.9 Å². The first-order valence-corrected chi connectivity index (χ1v) is 16.8. The minimum atomic E-state index is -1.51. The van der Waals surface area contributed by atoms with Gasteiger partial charge in [-0.2, -0.15) is 0 Å². The van der Waals surface area contributed by atoms with Crippen molar-refractivity contribution in [2.45, 2.75) is 93.5 Å². The zero-order chi connectivity index (χ0) is 33.3. The summed E-state index contributed by atoms with van der Waals surface area (Å²) >= 11 is 2.26. The highest BCUT2D eigenvalue weighted by atomic mass is 127. The summed E-state index contributed by atoms with van der Waals surface area (Å²) in [6.07, 6.45) is 3.63. The molecule has 1 unspecified atom stereocenters. The summed E-state index contributed by atoms with van der Waals surface area (Å²) in [5.74, 6) is -0.414. The van der Waals surface area contributed by atoms with Crippen molar-refractivity contribution in [2.75, 3.05) is 33.2 Å². The molecule has 11 nitrogen and oxygen atoms in total. The molecule has 0 aliphatic carbocycles. The van der Waals surface area contributed by atoms with Gasteiger partial charge in [-0.15, -0.1) is 0 Å². The Balaban J connectivity index is 1.78. The van der Waals surface area contributed by atoms with E-state index in [1.165, 1.54) is 0 Å². The van der Waals surface area contributed by atoms with Crippen molar-refractivity contribution in [3.8, 4) is 5.75 Å². The summed E-state index contributed by atoms with van der Waals surface area (Å²) in [7, 11) is 6.89. The zero-order valence-corrected chi connectivity index (χ0v) is 29.5. The van der Waals surface area contributed by atoms with Crippen LogP contribution in [0.2, 0.25) is 0 Å². The number of likely N-dealkylation sites (N-methyl/N-ethyl adjacent to an activating group) is 1. The molecule has 1 aromatic carbocycles. The number of ether oxygens (including phenoxy) is 4. The number of hydrogen-bond acceptors (Lipinski definition) is 9. The van der Waals surface area contributed by atoms with Gasteiger partial charge in [-0.3, -0.25) is 19.8 Å². The summed E-state index contributed by atoms with van der Waals surface area (Å²) < 4.78 is 24.3. The average molecular weight is 740 g/mol. The Morgan fingerprint density at radius 1 is 1.31 bits per heavy atom. The van der Waals surface area contributed by atoms with E-state index in [0.29, 0.717) is 16.6 Å². The standard InChI is InChI=1S/C33H46IN3O8/c1-19-11-9-10-12-33(41)17-26(43-31(40)35-33)20(2)29-32(4,45-29)27(44-30(39)21(3)36(5)6)16-28(38)37(7)24-14-22(13-19)15-25(42-8)23(24)18-34/h9-11,14-15,20-21,26-27,29,41H,12-13,16-18H2,1-8H3,(H,35,40)/b10-9+,19-11+/t20-,21+,26?,27+,29-,32+,33-/m1/s1. The van der Waals surface area contributed by atoms with Crippen LogP contribution < -0.4 is 15.0 Å². The van der Waals surface area contributed by atoms with E-state index in [-0.39, 0.29) is 31.1 Å². The molecule has 248 valence electrons. The lowest BCUT2D eigenvalue weighted by Gasteiger charge is -2.39. The maximum Gasteiger partial charge on any atom is 0.409 e. The van der Waals surface area contributed by atoms with Gasteiger partial charge in [0.05, 0.1) is 25.3 Å². The summed E-state index contributed by atoms with van der Waals surface area (Å²) in [4.78, 5) is 43.1. The van der Waals surface area contributed by atoms with Crippen LogP contribution in [0, 0.1) is 5.92 Å². The smallest absolute Gasteiger partial charge is 0.409 e. The fourth-order valence-electron chi connectivity index (χ4n) is 6.05. The van der Waals surface area contributed by atoms with Crippen LogP contribution in [0.3, 0.4) is 0 Å². The third-order valence-corrected chi connectivity index (χ3v) is 10.0. The number of methoxy groups -OCH3 is 1. The molecule has 0 radical (unpaired) electrons. The van der Waals surface area contributed by atoms with E-state index >= 15 is 0 Å². The SMILES string of the molecule is COc1cc2cc(c1CI)N(C)C(=O)C[C@H](OC(=O)[C@H](C)N(C)C)[C@]1(C)O[C@@H]1[C@H](C)C1C[C@](O)(C/C=C/C=C(\C)C2)NC(=O)O1. The van der Waals surface area contributed by atoms with Gasteiger partial charge in [-0.1, -0.05) is 53.3 Å². The van der Waals surface area contributed by atoms with Crippen LogP contribution in [0.25, 0.3) is 0 Å². The highest BCUT2D eigenvalue weighted by Crippen LogP contribution is 2.49. The molecule has 0 saturated carbocycles. The highest BCUT2D eigenvalue weighted by Gasteiger charge is 2.64. The third kappa shape index (κ3) is 7.83. The van der Waals surface area contributed by atoms with E-state index in [0.717, 1.165) is 22.4 Å². The number of alkyl halides is 1. The van der Waals surface area contributed by atoms with E-state index in [1.54, 1.807) is 45.0 Å². The minimum absolute atomic E-state index is 0.131. The number of epoxide rings is 1. The first kappa shape index (κ1) is 35.2. The molecule has 2 fully saturated rings. The van der Waals surface area contributed by atoms with E-state index in [1.807, 2.05) is 51.1 Å². The quantitative estimate of drug-likeness (QED) is 0.197. The molecular weight excluding hydrogens is 693 g/mol. The molecule has 3 aliphatic heterocycles. The van der Waals surface area contributed by atoms with Gasteiger partial charge in [0.15, 0.2) is 0 Å². The number of carbonyl (C=O) groups excluding carboxylic acids is 3. The number of hydrogen-bond donors (Lipinski definition) is 2. The van der Waals surface area contributed by atoms with Crippen molar-refractivity contribution < 1.29 is 38.4 Å². The van der Waals surface area contributed by atoms with E-state index < -0.39 is 47.7 Å². The van der Waals surface area contributed by atoms with Crippen molar-refractivity contribution >= 4 is 46.2 Å². The highest BCUT2D eigenvalue weighted by molar-refractivity contribution is 14.1. The number of anilines is 1. The molecule has 1 aromatic rings. The second-order valence-electron chi connectivity index (χ2n) is 12.9. The lowest BCUT2D eigenvalue weighted by atomic mass is 9.84. The normalized spacial score (nSPS) is 33.2. The maximum absolute atomic E-state index is 14.0. The Morgan fingerprint density at radius 2 is 2.02 bits per heavy atom. The molecule has 2 N–H and O–H groups in total. The van der Waals surface area contributed by atoms with Gasteiger partial charge in [-0.05, 0) is 59.0 Å². The summed E-state index contributed by atoms with van der Waals surface area (Å²) in [5, 5.41) is 13.9. The number of alkyl carbamates (subject to hydrolysis) is 1. The lowest BCUT2D eigenvalue weighted by Crippen LogP contribution is -2.57. The average Bonchev–Trinajstić information content (AvgIpc) is 3.68. The first-order chi connectivity index (χ1) is 21.1. The van der Waals surface area contributed by atoms with E-state index in [9.17, 15) is 19.5 Å². The second-order valence-corrected chi connectivity index (χ2v) is 13.6. The fraction of sp³-hybridized carbons (Fsp3) is 0.606. The second kappa shape index (κ2) is 14.0. The summed E-state index contributed by atoms with van der Waals surface area (Å²) in [6.45, 7) is 7.43. The number of benzene rings is 1. The molecule has 7 atom stereocenters. The van der Waals surface area contributed by atoms with Gasteiger partial charge in [0.25, 0.3) is 0 Å². The summed E-state index contributed by atoms with van der Waals surface area (Å²) in [5.41, 5.74) is 1.08. The van der Waals surface area contributed by atoms with Crippen LogP contribution >= 0.6 is 22.6 Å². The van der Waals surface area contributed by atoms with Crippen LogP contribution in [-0.4, -0.2) is 91.9 Å². The molecule has 0 aromatic heterocycles. The van der Waals surface area contributed by atoms with Gasteiger partial charge in [0.1, 0.15) is 35.3 Å². The minimum Gasteiger partial charge on any atom is -0.496 e. The van der Waals surface area contributed by atoms with Gasteiger partial charge in [0, 0.05) is 35.8 Å². The molecule has 2 amide bonds. The number of allylic oxidation sites excluding steroid dienone is 3. The van der Waals surface area contributed by atoms with E-state index in [4.69, 9.17) is 18.9 Å². The largest absolute Gasteiger partial charge is 0.496 e. The van der Waals surface area contributed by atoms with Crippen LogP contribution in [-0.2, 0) is 34.6 Å². The number of fused-ring (bicyclic) bond motifs is 5. The molecule has 2 saturated heterocycles. The van der Waals surface area contributed by atoms with Crippen LogP contribution in [0.1, 0.15) is 58.1 Å². The van der Waals surface area contributed by atoms with Gasteiger partial charge in [0.2, 0.25) is 5.91 Å². The first-order valence-electron chi connectivity index (χ1n) is 15.2. The van der Waals surface area contributed by atoms with Gasteiger partial charge < -0.3 is 29.0 Å². The van der Waals surface area contributed by atoms with Crippen LogP contribution in [0.4, 0.5) is 10.5 Å². The number of nitrogens with one attached hydrogen (secondary N) is 1. The molecule has 0 spiro atoms. The topological polar surface area (TPSA) is 130 Å². The number of amides is 2. The summed E-state index contributed by atoms with van der Waals surface area (Å²) in [6, 6.07) is 3.43. The Kier molecular flexibility index (Phi) is 10.9. The number of rotatable bonds is 5. The molecular formula is C33H46IN3O8. The molecule has 4 bridgehead atoms. The Hall–Kier alpha value is -2.68. The lowest BCUT2D eigenvalue weighted by molar-refractivity contribution is -0.158. The van der Waals surface area contributed by atoms with E-state index in [2.05, 4.69) is 27.9 Å². The molecule has 3 heterocycles. The Bertz CT molecular complexity index is 1370. The fourth-order valence-corrected chi connectivity index (χ4v) is 6.82. The number of esters is 1.